The molecule has 0 saturated carbocycles. The summed E-state index contributed by atoms with van der Waals surface area (Å²) >= 11 is 3.74. The Morgan fingerprint density at radius 1 is 0.938 bits per heavy atom. The van der Waals surface area contributed by atoms with Crippen LogP contribution in [0.1, 0.15) is 45.7 Å². The van der Waals surface area contributed by atoms with Crippen molar-refractivity contribution in [1.29, 1.82) is 0 Å². The molecule has 0 unspecified atom stereocenters. The van der Waals surface area contributed by atoms with Gasteiger partial charge in [-0.2, -0.15) is 0 Å². The van der Waals surface area contributed by atoms with Gasteiger partial charge in [0.1, 0.15) is 0 Å². The average molecular weight is 511 g/mol. The number of nitrogens with one attached hydrogen (secondary N) is 3. The molecule has 0 spiro atoms. The lowest BCUT2D eigenvalue weighted by molar-refractivity contribution is -0.00447. The lowest BCUT2D eigenvalue weighted by Crippen LogP contribution is -2.53. The van der Waals surface area contributed by atoms with Gasteiger partial charge in [0.05, 0.1) is 13.2 Å². The van der Waals surface area contributed by atoms with Crippen molar-refractivity contribution in [3.8, 4) is 0 Å². The first-order chi connectivity index (χ1) is 15.3. The Bertz CT molecular complexity index is 687. The summed E-state index contributed by atoms with van der Waals surface area (Å²) in [6.07, 6.45) is 0. The van der Waals surface area contributed by atoms with Gasteiger partial charge in [-0.3, -0.25) is 9.80 Å². The highest BCUT2D eigenvalue weighted by Crippen LogP contribution is 2.23. The van der Waals surface area contributed by atoms with Crippen molar-refractivity contribution in [2.24, 2.45) is 0 Å². The fourth-order valence-corrected chi connectivity index (χ4v) is 5.38. The van der Waals surface area contributed by atoms with Gasteiger partial charge >= 0.3 is 0 Å². The summed E-state index contributed by atoms with van der Waals surface area (Å²) in [5, 5.41) is 10.3. The molecule has 1 aromatic carbocycles. The SMILES string of the molecule is C[C@@H]1CN(Cc2ccc(Br)c(CN3CCOC[C@@H]3C)c2)C[C@H](C)N1.C[C@@H]1CNC[C@H](C)N1. The van der Waals surface area contributed by atoms with Crippen molar-refractivity contribution < 1.29 is 4.74 Å². The Hall–Kier alpha value is -0.540. The van der Waals surface area contributed by atoms with Crippen molar-refractivity contribution in [3.05, 3.63) is 33.8 Å². The minimum absolute atomic E-state index is 0.490. The van der Waals surface area contributed by atoms with Crippen LogP contribution in [0.4, 0.5) is 0 Å². The molecule has 0 bridgehead atoms. The maximum Gasteiger partial charge on any atom is 0.0619 e. The van der Waals surface area contributed by atoms with Gasteiger partial charge in [0.25, 0.3) is 0 Å². The molecule has 6 nitrogen and oxygen atoms in total. The predicted octanol–water partition coefficient (Wildman–Crippen LogP) is 2.81. The summed E-state index contributed by atoms with van der Waals surface area (Å²) in [5.41, 5.74) is 2.80. The minimum Gasteiger partial charge on any atom is -0.379 e. The number of ether oxygens (including phenoxy) is 1. The van der Waals surface area contributed by atoms with Crippen LogP contribution in [0.2, 0.25) is 0 Å². The summed E-state index contributed by atoms with van der Waals surface area (Å²) in [6, 6.07) is 9.78. The molecule has 1 aromatic rings. The van der Waals surface area contributed by atoms with E-state index in [0.29, 0.717) is 30.2 Å². The molecule has 0 radical (unpaired) electrons. The van der Waals surface area contributed by atoms with Gasteiger partial charge in [0.15, 0.2) is 0 Å². The van der Waals surface area contributed by atoms with E-state index in [9.17, 15) is 0 Å². The number of rotatable bonds is 4. The molecule has 7 heteroatoms. The first kappa shape index (κ1) is 26.1. The summed E-state index contributed by atoms with van der Waals surface area (Å²) in [7, 11) is 0. The van der Waals surface area contributed by atoms with E-state index in [1.54, 1.807) is 0 Å². The van der Waals surface area contributed by atoms with E-state index in [1.807, 2.05) is 0 Å². The Labute approximate surface area is 204 Å². The van der Waals surface area contributed by atoms with Crippen LogP contribution in [0.15, 0.2) is 22.7 Å². The van der Waals surface area contributed by atoms with Gasteiger partial charge in [-0.25, -0.2) is 0 Å². The zero-order valence-corrected chi connectivity index (χ0v) is 22.2. The van der Waals surface area contributed by atoms with E-state index in [0.717, 1.165) is 59.0 Å². The van der Waals surface area contributed by atoms with Gasteiger partial charge in [-0.05, 0) is 51.8 Å². The molecule has 3 aliphatic heterocycles. The minimum atomic E-state index is 0.490. The third kappa shape index (κ3) is 8.35. The van der Waals surface area contributed by atoms with Crippen molar-refractivity contribution in [2.75, 3.05) is 45.9 Å². The lowest BCUT2D eigenvalue weighted by atomic mass is 10.1. The van der Waals surface area contributed by atoms with E-state index in [1.165, 1.54) is 15.6 Å². The molecule has 5 atom stereocenters. The summed E-state index contributed by atoms with van der Waals surface area (Å²) in [5.74, 6) is 0. The van der Waals surface area contributed by atoms with Crippen molar-refractivity contribution in [3.63, 3.8) is 0 Å². The number of halogens is 1. The average Bonchev–Trinajstić information content (AvgIpc) is 2.72. The Kier molecular flexibility index (Phi) is 10.4. The number of hydrogen-bond donors (Lipinski definition) is 3. The van der Waals surface area contributed by atoms with Crippen LogP contribution in [-0.4, -0.2) is 85.9 Å². The number of hydrogen-bond acceptors (Lipinski definition) is 6. The second-order valence-electron chi connectivity index (χ2n) is 10.1. The normalized spacial score (nSPS) is 32.2. The molecule has 0 amide bonds. The van der Waals surface area contributed by atoms with Crippen LogP contribution < -0.4 is 16.0 Å². The Morgan fingerprint density at radius 3 is 2.19 bits per heavy atom. The van der Waals surface area contributed by atoms with E-state index < -0.39 is 0 Å². The molecule has 32 heavy (non-hydrogen) atoms. The van der Waals surface area contributed by atoms with Crippen molar-refractivity contribution >= 4 is 15.9 Å². The van der Waals surface area contributed by atoms with Crippen LogP contribution in [-0.2, 0) is 17.8 Å². The van der Waals surface area contributed by atoms with Crippen molar-refractivity contribution in [1.82, 2.24) is 25.8 Å². The highest BCUT2D eigenvalue weighted by atomic mass is 79.9. The predicted molar refractivity (Wildman–Crippen MR) is 137 cm³/mol. The molecule has 3 saturated heterocycles. The fourth-order valence-electron chi connectivity index (χ4n) is 5.01. The van der Waals surface area contributed by atoms with E-state index in [4.69, 9.17) is 4.74 Å². The maximum absolute atomic E-state index is 5.56. The van der Waals surface area contributed by atoms with E-state index >= 15 is 0 Å². The second kappa shape index (κ2) is 12.8. The molecule has 3 fully saturated rings. The summed E-state index contributed by atoms with van der Waals surface area (Å²) in [4.78, 5) is 5.08. The van der Waals surface area contributed by atoms with Crippen LogP contribution in [0.25, 0.3) is 0 Å². The number of benzene rings is 1. The third-order valence-electron chi connectivity index (χ3n) is 6.50. The Morgan fingerprint density at radius 2 is 1.59 bits per heavy atom. The van der Waals surface area contributed by atoms with Crippen LogP contribution in [0, 0.1) is 0 Å². The largest absolute Gasteiger partial charge is 0.379 e. The molecule has 182 valence electrons. The van der Waals surface area contributed by atoms with Gasteiger partial charge < -0.3 is 20.7 Å². The first-order valence-corrected chi connectivity index (χ1v) is 13.1. The molecular weight excluding hydrogens is 466 g/mol. The number of morpholine rings is 1. The molecule has 0 aliphatic carbocycles. The molecule has 3 heterocycles. The molecular formula is C25H44BrN5O. The summed E-state index contributed by atoms with van der Waals surface area (Å²) < 4.78 is 6.77. The highest BCUT2D eigenvalue weighted by Gasteiger charge is 2.22. The van der Waals surface area contributed by atoms with Crippen LogP contribution in [0.5, 0.6) is 0 Å². The Balaban J connectivity index is 0.000000305. The zero-order valence-electron chi connectivity index (χ0n) is 20.7. The number of piperazine rings is 2. The topological polar surface area (TPSA) is 51.8 Å². The maximum atomic E-state index is 5.56. The standard InChI is InChI=1S/C19H30BrN3O.C6H14N2/c1-14-9-22(10-15(2)21-14)11-17-4-5-19(20)18(8-17)12-23-6-7-24-13-16(23)3;1-5-3-7-4-6(2)8-5/h4-5,8,14-16,21H,6-7,9-13H2,1-3H3;5-8H,3-4H2,1-2H3/t14-,15+,16-;5-,6+/m0./s1. The second-order valence-corrected chi connectivity index (χ2v) is 11.0. The molecule has 3 N–H and O–H groups in total. The van der Waals surface area contributed by atoms with Crippen LogP contribution in [0.3, 0.4) is 0 Å². The van der Waals surface area contributed by atoms with Crippen molar-refractivity contribution in [2.45, 2.75) is 77.9 Å². The monoisotopic (exact) mass is 509 g/mol. The van der Waals surface area contributed by atoms with E-state index in [-0.39, 0.29) is 0 Å². The lowest BCUT2D eigenvalue weighted by Gasteiger charge is -2.36. The van der Waals surface area contributed by atoms with E-state index in [2.05, 4.69) is 94.5 Å². The first-order valence-electron chi connectivity index (χ1n) is 12.3. The van der Waals surface area contributed by atoms with Gasteiger partial charge in [0, 0.05) is 80.5 Å². The van der Waals surface area contributed by atoms with Gasteiger partial charge in [-0.15, -0.1) is 0 Å². The number of nitrogens with zero attached hydrogens (tertiary/aromatic N) is 2. The zero-order chi connectivity index (χ0) is 23.1. The molecule has 4 rings (SSSR count). The molecule has 0 aromatic heterocycles. The molecule has 3 aliphatic rings. The fraction of sp³-hybridized carbons (Fsp3) is 0.760. The van der Waals surface area contributed by atoms with Gasteiger partial charge in [-0.1, -0.05) is 28.1 Å². The third-order valence-corrected chi connectivity index (χ3v) is 7.27. The quantitative estimate of drug-likeness (QED) is 0.580. The summed E-state index contributed by atoms with van der Waals surface area (Å²) in [6.45, 7) is 20.4. The highest BCUT2D eigenvalue weighted by molar-refractivity contribution is 9.10. The van der Waals surface area contributed by atoms with Crippen LogP contribution >= 0.6 is 15.9 Å². The van der Waals surface area contributed by atoms with Gasteiger partial charge in [0.2, 0.25) is 0 Å². The smallest absolute Gasteiger partial charge is 0.0619 e.